The van der Waals surface area contributed by atoms with Crippen LogP contribution in [-0.2, 0) is 13.1 Å². The molecule has 2 heterocycles. The van der Waals surface area contributed by atoms with Crippen LogP contribution >= 0.6 is 0 Å². The van der Waals surface area contributed by atoms with Gasteiger partial charge in [0.15, 0.2) is 0 Å². The van der Waals surface area contributed by atoms with E-state index < -0.39 is 0 Å². The molecule has 2 aromatic heterocycles. The first-order valence-electron chi connectivity index (χ1n) is 6.97. The SMILES string of the molecule is CC(C)NCc1cn(Cc2cncn2C2CC2)cn1. The fourth-order valence-corrected chi connectivity index (χ4v) is 2.22. The van der Waals surface area contributed by atoms with E-state index in [0.29, 0.717) is 12.1 Å². The molecule has 0 atom stereocenters. The molecule has 0 saturated heterocycles. The first kappa shape index (κ1) is 12.4. The van der Waals surface area contributed by atoms with Gasteiger partial charge in [0.05, 0.1) is 30.6 Å². The lowest BCUT2D eigenvalue weighted by atomic mass is 10.3. The minimum absolute atomic E-state index is 0.487. The highest BCUT2D eigenvalue weighted by molar-refractivity contribution is 5.06. The Morgan fingerprint density at radius 3 is 2.95 bits per heavy atom. The van der Waals surface area contributed by atoms with Crippen molar-refractivity contribution in [3.05, 3.63) is 36.4 Å². The quantitative estimate of drug-likeness (QED) is 0.862. The molecule has 2 aromatic rings. The van der Waals surface area contributed by atoms with Crippen LogP contribution in [0.5, 0.6) is 0 Å². The third-order valence-corrected chi connectivity index (χ3v) is 3.41. The molecule has 0 amide bonds. The maximum absolute atomic E-state index is 4.43. The topological polar surface area (TPSA) is 47.7 Å². The van der Waals surface area contributed by atoms with E-state index in [0.717, 1.165) is 18.8 Å². The molecule has 102 valence electrons. The van der Waals surface area contributed by atoms with Crippen molar-refractivity contribution in [1.82, 2.24) is 24.4 Å². The number of nitrogens with zero attached hydrogens (tertiary/aromatic N) is 4. The van der Waals surface area contributed by atoms with Crippen LogP contribution in [0, 0.1) is 0 Å². The molecule has 1 saturated carbocycles. The lowest BCUT2D eigenvalue weighted by molar-refractivity contribution is 0.582. The summed E-state index contributed by atoms with van der Waals surface area (Å²) in [5.74, 6) is 0. The summed E-state index contributed by atoms with van der Waals surface area (Å²) in [6.45, 7) is 5.97. The van der Waals surface area contributed by atoms with E-state index in [4.69, 9.17) is 0 Å². The number of hydrogen-bond acceptors (Lipinski definition) is 3. The van der Waals surface area contributed by atoms with Gasteiger partial charge in [-0.25, -0.2) is 9.97 Å². The Hall–Kier alpha value is -1.62. The van der Waals surface area contributed by atoms with Crippen molar-refractivity contribution < 1.29 is 0 Å². The third-order valence-electron chi connectivity index (χ3n) is 3.41. The van der Waals surface area contributed by atoms with Crippen molar-refractivity contribution in [3.8, 4) is 0 Å². The summed E-state index contributed by atoms with van der Waals surface area (Å²) < 4.78 is 4.43. The highest BCUT2D eigenvalue weighted by Crippen LogP contribution is 2.35. The monoisotopic (exact) mass is 259 g/mol. The molecule has 0 unspecified atom stereocenters. The summed E-state index contributed by atoms with van der Waals surface area (Å²) in [7, 11) is 0. The normalized spacial score (nSPS) is 15.3. The van der Waals surface area contributed by atoms with Crippen molar-refractivity contribution in [2.75, 3.05) is 0 Å². The van der Waals surface area contributed by atoms with E-state index in [1.807, 2.05) is 18.9 Å². The van der Waals surface area contributed by atoms with Crippen LogP contribution in [0.3, 0.4) is 0 Å². The van der Waals surface area contributed by atoms with Crippen LogP contribution in [0.4, 0.5) is 0 Å². The molecule has 0 spiro atoms. The van der Waals surface area contributed by atoms with Crippen molar-refractivity contribution >= 4 is 0 Å². The lowest BCUT2D eigenvalue weighted by Crippen LogP contribution is -2.21. The van der Waals surface area contributed by atoms with Crippen LogP contribution in [0.25, 0.3) is 0 Å². The molecule has 3 rings (SSSR count). The van der Waals surface area contributed by atoms with Crippen molar-refractivity contribution in [2.24, 2.45) is 0 Å². The molecule has 0 radical (unpaired) electrons. The molecule has 1 aliphatic rings. The molecule has 1 aliphatic carbocycles. The minimum atomic E-state index is 0.487. The average Bonchev–Trinajstić information content (AvgIpc) is 2.95. The summed E-state index contributed by atoms with van der Waals surface area (Å²) in [6, 6.07) is 1.17. The largest absolute Gasteiger partial charge is 0.331 e. The number of hydrogen-bond donors (Lipinski definition) is 1. The number of nitrogens with one attached hydrogen (secondary N) is 1. The van der Waals surface area contributed by atoms with E-state index >= 15 is 0 Å². The number of imidazole rings is 2. The fourth-order valence-electron chi connectivity index (χ4n) is 2.22. The standard InChI is InChI=1S/C14H21N5/c1-11(2)16-5-12-7-18(10-17-12)8-14-6-15-9-19(14)13-3-4-13/h6-7,9-11,13,16H,3-5,8H2,1-2H3. The Kier molecular flexibility index (Phi) is 3.38. The van der Waals surface area contributed by atoms with Gasteiger partial charge in [-0.05, 0) is 12.8 Å². The summed E-state index contributed by atoms with van der Waals surface area (Å²) in [6.07, 6.45) is 10.5. The van der Waals surface area contributed by atoms with Crippen molar-refractivity contribution in [2.45, 2.75) is 51.9 Å². The van der Waals surface area contributed by atoms with Crippen molar-refractivity contribution in [3.63, 3.8) is 0 Å². The van der Waals surface area contributed by atoms with E-state index in [2.05, 4.69) is 44.5 Å². The van der Waals surface area contributed by atoms with Gasteiger partial charge in [-0.3, -0.25) is 0 Å². The zero-order chi connectivity index (χ0) is 13.2. The predicted octanol–water partition coefficient (Wildman–Crippen LogP) is 1.96. The number of rotatable bonds is 6. The van der Waals surface area contributed by atoms with E-state index in [1.165, 1.54) is 18.5 Å². The fraction of sp³-hybridized carbons (Fsp3) is 0.571. The zero-order valence-corrected chi connectivity index (χ0v) is 11.6. The molecular formula is C14H21N5. The van der Waals surface area contributed by atoms with Gasteiger partial charge in [0.1, 0.15) is 0 Å². The van der Waals surface area contributed by atoms with Crippen LogP contribution in [0.2, 0.25) is 0 Å². The van der Waals surface area contributed by atoms with E-state index in [9.17, 15) is 0 Å². The summed E-state index contributed by atoms with van der Waals surface area (Å²) in [5.41, 5.74) is 2.36. The Balaban J connectivity index is 1.64. The van der Waals surface area contributed by atoms with E-state index in [-0.39, 0.29) is 0 Å². The lowest BCUT2D eigenvalue weighted by Gasteiger charge is -2.07. The number of aromatic nitrogens is 4. The highest BCUT2D eigenvalue weighted by atomic mass is 15.1. The second-order valence-corrected chi connectivity index (χ2v) is 5.60. The highest BCUT2D eigenvalue weighted by Gasteiger charge is 2.25. The first-order valence-corrected chi connectivity index (χ1v) is 6.97. The zero-order valence-electron chi connectivity index (χ0n) is 11.6. The van der Waals surface area contributed by atoms with Gasteiger partial charge in [0, 0.05) is 31.0 Å². The maximum atomic E-state index is 4.43. The third kappa shape index (κ3) is 3.04. The summed E-state index contributed by atoms with van der Waals surface area (Å²) in [4.78, 5) is 8.69. The van der Waals surface area contributed by atoms with Crippen molar-refractivity contribution in [1.29, 1.82) is 0 Å². The Bertz CT molecular complexity index is 536. The van der Waals surface area contributed by atoms with Gasteiger partial charge in [-0.1, -0.05) is 13.8 Å². The molecule has 5 nitrogen and oxygen atoms in total. The molecule has 1 fully saturated rings. The maximum Gasteiger partial charge on any atom is 0.0953 e. The average molecular weight is 259 g/mol. The smallest absolute Gasteiger partial charge is 0.0953 e. The van der Waals surface area contributed by atoms with E-state index in [1.54, 1.807) is 0 Å². The van der Waals surface area contributed by atoms with Gasteiger partial charge >= 0.3 is 0 Å². The predicted molar refractivity (Wildman–Crippen MR) is 73.8 cm³/mol. The molecule has 0 aliphatic heterocycles. The Morgan fingerprint density at radius 1 is 1.37 bits per heavy atom. The first-order chi connectivity index (χ1) is 9.22. The van der Waals surface area contributed by atoms with Gasteiger partial charge < -0.3 is 14.5 Å². The molecular weight excluding hydrogens is 238 g/mol. The second-order valence-electron chi connectivity index (χ2n) is 5.60. The Labute approximate surface area is 113 Å². The van der Waals surface area contributed by atoms with Crippen LogP contribution in [0.1, 0.15) is 44.1 Å². The summed E-state index contributed by atoms with van der Waals surface area (Å²) >= 11 is 0. The minimum Gasteiger partial charge on any atom is -0.331 e. The molecule has 19 heavy (non-hydrogen) atoms. The van der Waals surface area contributed by atoms with Crippen LogP contribution in [0.15, 0.2) is 25.0 Å². The molecule has 0 aromatic carbocycles. The van der Waals surface area contributed by atoms with Gasteiger partial charge in [0.25, 0.3) is 0 Å². The molecule has 0 bridgehead atoms. The van der Waals surface area contributed by atoms with Gasteiger partial charge in [-0.15, -0.1) is 0 Å². The summed E-state index contributed by atoms with van der Waals surface area (Å²) in [5, 5.41) is 3.38. The van der Waals surface area contributed by atoms with Crippen LogP contribution in [-0.4, -0.2) is 25.1 Å². The molecule has 1 N–H and O–H groups in total. The Morgan fingerprint density at radius 2 is 2.21 bits per heavy atom. The van der Waals surface area contributed by atoms with Gasteiger partial charge in [0.2, 0.25) is 0 Å². The second kappa shape index (κ2) is 5.17. The van der Waals surface area contributed by atoms with Crippen LogP contribution < -0.4 is 5.32 Å². The molecule has 5 heteroatoms. The van der Waals surface area contributed by atoms with Gasteiger partial charge in [-0.2, -0.15) is 0 Å².